The lowest BCUT2D eigenvalue weighted by Gasteiger charge is -2.34. The highest BCUT2D eigenvalue weighted by molar-refractivity contribution is 7.89. The first kappa shape index (κ1) is 28.6. The number of carbonyl (C=O) groups is 1. The van der Waals surface area contributed by atoms with E-state index in [4.69, 9.17) is 9.84 Å². The van der Waals surface area contributed by atoms with Gasteiger partial charge in [0.15, 0.2) is 17.3 Å². The van der Waals surface area contributed by atoms with E-state index >= 15 is 0 Å². The molecule has 11 heteroatoms. The van der Waals surface area contributed by atoms with Gasteiger partial charge in [0.1, 0.15) is 5.75 Å². The summed E-state index contributed by atoms with van der Waals surface area (Å²) in [4.78, 5) is 11.9. The molecule has 7 nitrogen and oxygen atoms in total. The van der Waals surface area contributed by atoms with Gasteiger partial charge in [-0.05, 0) is 69.2 Å². The molecule has 0 saturated heterocycles. The Balaban J connectivity index is 1.82. The van der Waals surface area contributed by atoms with Crippen LogP contribution in [0.4, 0.5) is 13.2 Å². The van der Waals surface area contributed by atoms with Gasteiger partial charge in [-0.1, -0.05) is 25.1 Å². The number of hydrogen-bond donors (Lipinski definition) is 1. The lowest BCUT2D eigenvalue weighted by molar-refractivity contribution is -0.106. The minimum Gasteiger partial charge on any atom is -0.466 e. The standard InChI is InChI=1S/C26H32F3N3O4S/c1-6-23(33)18-11-13-21(14-12-18)36-25(5)16-22(30-32(25)7-2)19-9-8-10-20(15-19)24(3,4)31-37(34,35)17-26(27,28)29/h8-15,31H,6-7,16-17H2,1-5H3. The fraction of sp³-hybridized carbons (Fsp3) is 0.462. The lowest BCUT2D eigenvalue weighted by Crippen LogP contribution is -2.45. The van der Waals surface area contributed by atoms with Crippen molar-refractivity contribution in [3.63, 3.8) is 0 Å². The summed E-state index contributed by atoms with van der Waals surface area (Å²) in [6.07, 6.45) is -4.03. The van der Waals surface area contributed by atoms with Gasteiger partial charge in [0.25, 0.3) is 0 Å². The first-order valence-corrected chi connectivity index (χ1v) is 13.6. The molecule has 202 valence electrons. The molecule has 0 aromatic heterocycles. The number of halogens is 3. The van der Waals surface area contributed by atoms with Crippen LogP contribution < -0.4 is 9.46 Å². The van der Waals surface area contributed by atoms with Gasteiger partial charge in [0.2, 0.25) is 10.0 Å². The number of hydrazone groups is 1. The third kappa shape index (κ3) is 7.10. The Kier molecular flexibility index (Phi) is 8.09. The normalized spacial score (nSPS) is 18.6. The summed E-state index contributed by atoms with van der Waals surface area (Å²) in [5.74, 6) is -1.33. The van der Waals surface area contributed by atoms with E-state index in [9.17, 15) is 26.4 Å². The monoisotopic (exact) mass is 539 g/mol. The van der Waals surface area contributed by atoms with Gasteiger partial charge in [-0.25, -0.2) is 13.1 Å². The van der Waals surface area contributed by atoms with Gasteiger partial charge in [-0.15, -0.1) is 0 Å². The van der Waals surface area contributed by atoms with Crippen molar-refractivity contribution < 1.29 is 31.1 Å². The van der Waals surface area contributed by atoms with E-state index in [-0.39, 0.29) is 5.78 Å². The summed E-state index contributed by atoms with van der Waals surface area (Å²) in [6.45, 7) is 9.21. The zero-order valence-electron chi connectivity index (χ0n) is 21.5. The minimum atomic E-state index is -4.84. The molecule has 1 atom stereocenters. The highest BCUT2D eigenvalue weighted by Crippen LogP contribution is 2.34. The number of carbonyl (C=O) groups excluding carboxylic acids is 1. The van der Waals surface area contributed by atoms with Crippen LogP contribution in [-0.2, 0) is 15.6 Å². The maximum atomic E-state index is 12.7. The predicted octanol–water partition coefficient (Wildman–Crippen LogP) is 5.22. The van der Waals surface area contributed by atoms with Gasteiger partial charge in [-0.2, -0.15) is 18.3 Å². The van der Waals surface area contributed by atoms with Crippen molar-refractivity contribution in [2.45, 2.75) is 64.9 Å². The van der Waals surface area contributed by atoms with E-state index in [1.165, 1.54) is 13.8 Å². The third-order valence-corrected chi connectivity index (χ3v) is 7.63. The summed E-state index contributed by atoms with van der Waals surface area (Å²) >= 11 is 0. The summed E-state index contributed by atoms with van der Waals surface area (Å²) in [5.41, 5.74) is 0.392. The Hall–Kier alpha value is -2.92. The molecule has 0 amide bonds. The van der Waals surface area contributed by atoms with Crippen LogP contribution in [0.1, 0.15) is 68.9 Å². The lowest BCUT2D eigenvalue weighted by atomic mass is 9.92. The largest absolute Gasteiger partial charge is 0.466 e. The molecule has 0 aliphatic carbocycles. The van der Waals surface area contributed by atoms with Crippen LogP contribution in [0, 0.1) is 0 Å². The van der Waals surface area contributed by atoms with Crippen LogP contribution in [0.25, 0.3) is 0 Å². The zero-order valence-corrected chi connectivity index (χ0v) is 22.3. The van der Waals surface area contributed by atoms with Crippen molar-refractivity contribution in [1.29, 1.82) is 0 Å². The Morgan fingerprint density at radius 3 is 2.35 bits per heavy atom. The first-order chi connectivity index (χ1) is 17.1. The Morgan fingerprint density at radius 2 is 1.78 bits per heavy atom. The second-order valence-electron chi connectivity index (χ2n) is 9.70. The Morgan fingerprint density at radius 1 is 1.14 bits per heavy atom. The van der Waals surface area contributed by atoms with Gasteiger partial charge in [-0.3, -0.25) is 9.80 Å². The molecule has 0 radical (unpaired) electrons. The molecular weight excluding hydrogens is 507 g/mol. The number of nitrogens with zero attached hydrogens (tertiary/aromatic N) is 2. The average molecular weight is 540 g/mol. The topological polar surface area (TPSA) is 88.1 Å². The zero-order chi connectivity index (χ0) is 27.6. The smallest absolute Gasteiger partial charge is 0.404 e. The van der Waals surface area contributed by atoms with Crippen molar-refractivity contribution >= 4 is 21.5 Å². The number of ether oxygens (including phenoxy) is 1. The van der Waals surface area contributed by atoms with Crippen LogP contribution in [0.2, 0.25) is 0 Å². The van der Waals surface area contributed by atoms with Gasteiger partial charge in [0, 0.05) is 18.5 Å². The van der Waals surface area contributed by atoms with Crippen molar-refractivity contribution in [3.05, 3.63) is 65.2 Å². The molecule has 0 spiro atoms. The Labute approximate surface area is 215 Å². The maximum absolute atomic E-state index is 12.7. The molecule has 1 heterocycles. The third-order valence-electron chi connectivity index (χ3n) is 6.10. The molecule has 0 bridgehead atoms. The minimum absolute atomic E-state index is 0.0444. The summed E-state index contributed by atoms with van der Waals surface area (Å²) < 4.78 is 70.8. The quantitative estimate of drug-likeness (QED) is 0.418. The SMILES string of the molecule is CCC(=O)c1ccc(OC2(C)CC(c3cccc(C(C)(C)NS(=O)(=O)CC(F)(F)F)c3)=NN2CC)cc1. The molecule has 37 heavy (non-hydrogen) atoms. The molecule has 0 saturated carbocycles. The van der Waals surface area contributed by atoms with Gasteiger partial charge in [0.05, 0.1) is 17.7 Å². The summed E-state index contributed by atoms with van der Waals surface area (Å²) in [7, 11) is -4.61. The highest BCUT2D eigenvalue weighted by Gasteiger charge is 2.41. The van der Waals surface area contributed by atoms with Crippen LogP contribution >= 0.6 is 0 Å². The average Bonchev–Trinajstić information content (AvgIpc) is 3.12. The molecule has 2 aromatic carbocycles. The van der Waals surface area contributed by atoms with E-state index < -0.39 is 33.2 Å². The molecule has 1 aliphatic rings. The van der Waals surface area contributed by atoms with Crippen molar-refractivity contribution in [2.75, 3.05) is 12.3 Å². The molecule has 3 rings (SSSR count). The first-order valence-electron chi connectivity index (χ1n) is 11.9. The second-order valence-corrected chi connectivity index (χ2v) is 11.4. The fourth-order valence-electron chi connectivity index (χ4n) is 4.30. The van der Waals surface area contributed by atoms with Crippen LogP contribution in [0.15, 0.2) is 53.6 Å². The highest BCUT2D eigenvalue weighted by atomic mass is 32.2. The van der Waals surface area contributed by atoms with Crippen LogP contribution in [0.5, 0.6) is 5.75 Å². The van der Waals surface area contributed by atoms with E-state index in [1.807, 2.05) is 19.9 Å². The summed E-state index contributed by atoms with van der Waals surface area (Å²) in [6, 6.07) is 13.8. The number of rotatable bonds is 10. The van der Waals surface area contributed by atoms with Crippen molar-refractivity contribution in [3.8, 4) is 5.75 Å². The molecule has 2 aromatic rings. The summed E-state index contributed by atoms with van der Waals surface area (Å²) in [5, 5.41) is 6.52. The van der Waals surface area contributed by atoms with Crippen LogP contribution in [0.3, 0.4) is 0 Å². The predicted molar refractivity (Wildman–Crippen MR) is 136 cm³/mol. The second kappa shape index (κ2) is 10.4. The van der Waals surface area contributed by atoms with Crippen LogP contribution in [-0.4, -0.2) is 49.1 Å². The molecule has 1 unspecified atom stereocenters. The molecule has 1 aliphatic heterocycles. The van der Waals surface area contributed by atoms with E-state index in [2.05, 4.69) is 4.72 Å². The molecule has 1 N–H and O–H groups in total. The van der Waals surface area contributed by atoms with E-state index in [0.29, 0.717) is 47.5 Å². The van der Waals surface area contributed by atoms with E-state index in [1.54, 1.807) is 54.4 Å². The fourth-order valence-corrected chi connectivity index (χ4v) is 5.69. The van der Waals surface area contributed by atoms with Gasteiger partial charge < -0.3 is 4.74 Å². The number of Topliss-reactive ketones (excluding diaryl/α,β-unsaturated/α-hetero) is 1. The number of alkyl halides is 3. The molecule has 0 fully saturated rings. The van der Waals surface area contributed by atoms with Gasteiger partial charge >= 0.3 is 6.18 Å². The van der Waals surface area contributed by atoms with Crippen molar-refractivity contribution in [2.24, 2.45) is 5.10 Å². The van der Waals surface area contributed by atoms with E-state index in [0.717, 1.165) is 0 Å². The number of ketones is 1. The van der Waals surface area contributed by atoms with Crippen molar-refractivity contribution in [1.82, 2.24) is 9.73 Å². The Bertz CT molecular complexity index is 1270. The maximum Gasteiger partial charge on any atom is 0.404 e. The number of nitrogens with one attached hydrogen (secondary N) is 1. The number of hydrogen-bond acceptors (Lipinski definition) is 6. The number of benzene rings is 2. The molecular formula is C26H32F3N3O4S. The number of sulfonamides is 1.